The normalized spacial score (nSPS) is 24.0. The molecule has 170 valence electrons. The van der Waals surface area contributed by atoms with Crippen LogP contribution in [0.25, 0.3) is 12.2 Å². The zero-order chi connectivity index (χ0) is 20.9. The van der Waals surface area contributed by atoms with Gasteiger partial charge in [0, 0.05) is 0 Å². The van der Waals surface area contributed by atoms with Crippen LogP contribution in [0.2, 0.25) is 19.3 Å². The molecule has 0 bridgehead atoms. The van der Waals surface area contributed by atoms with E-state index in [4.69, 9.17) is 23.2 Å². The minimum atomic E-state index is -3.44. The zero-order valence-electron chi connectivity index (χ0n) is 18.5. The third kappa shape index (κ3) is 3.81. The van der Waals surface area contributed by atoms with Crippen LogP contribution in [0.15, 0.2) is 47.5 Å². The van der Waals surface area contributed by atoms with Crippen molar-refractivity contribution in [2.75, 3.05) is 0 Å². The molecule has 0 N–H and O–H groups in total. The summed E-state index contributed by atoms with van der Waals surface area (Å²) in [5.74, 6) is 1.54. The first kappa shape index (κ1) is 25.3. The summed E-state index contributed by atoms with van der Waals surface area (Å²) >= 11 is 10.0. The van der Waals surface area contributed by atoms with Crippen molar-refractivity contribution in [3.05, 3.63) is 79.8 Å². The molecule has 0 nitrogen and oxygen atoms in total. The number of halogens is 4. The van der Waals surface area contributed by atoms with Crippen molar-refractivity contribution in [1.82, 2.24) is 0 Å². The first-order chi connectivity index (χ1) is 14.2. The molecule has 0 amide bonds. The summed E-state index contributed by atoms with van der Waals surface area (Å²) in [6.07, 6.45) is 10.4. The molecule has 0 saturated heterocycles. The maximum atomic E-state index is 6.72. The molecule has 0 spiro atoms. The van der Waals surface area contributed by atoms with Crippen molar-refractivity contribution < 1.29 is 17.4 Å². The summed E-state index contributed by atoms with van der Waals surface area (Å²) in [5, 5.41) is 1.85. The van der Waals surface area contributed by atoms with Gasteiger partial charge in [0.05, 0.1) is 0 Å². The molecule has 2 atom stereocenters. The second kappa shape index (κ2) is 8.39. The van der Waals surface area contributed by atoms with E-state index in [1.807, 2.05) is 0 Å². The van der Waals surface area contributed by atoms with E-state index >= 15 is 0 Å². The first-order valence-corrected chi connectivity index (χ1v) is 25.7. The summed E-state index contributed by atoms with van der Waals surface area (Å²) < 4.78 is 6.63. The minimum absolute atomic E-state index is 0. The van der Waals surface area contributed by atoms with Gasteiger partial charge in [-0.05, 0) is 0 Å². The fourth-order valence-corrected chi connectivity index (χ4v) is 26.5. The van der Waals surface area contributed by atoms with Crippen LogP contribution in [0.1, 0.15) is 55.2 Å². The van der Waals surface area contributed by atoms with Gasteiger partial charge in [0.15, 0.2) is 0 Å². The third-order valence-electron chi connectivity index (χ3n) is 8.08. The molecule has 2 aromatic carbocycles. The molecular weight excluding hydrogens is 573 g/mol. The van der Waals surface area contributed by atoms with Crippen molar-refractivity contribution in [3.63, 3.8) is 0 Å². The van der Waals surface area contributed by atoms with Crippen LogP contribution in [0.4, 0.5) is 0 Å². The van der Waals surface area contributed by atoms with Crippen LogP contribution in [-0.4, -0.2) is 6.88 Å². The molecular formula is C26H30Cl4SiZr. The molecule has 2 fully saturated rings. The van der Waals surface area contributed by atoms with E-state index in [1.165, 1.54) is 47.9 Å². The number of benzene rings is 2. The molecule has 2 aromatic rings. The first-order valence-electron chi connectivity index (χ1n) is 11.3. The van der Waals surface area contributed by atoms with E-state index in [9.17, 15) is 0 Å². The maximum absolute atomic E-state index is 6.72. The van der Waals surface area contributed by atoms with Crippen LogP contribution >= 0.6 is 48.0 Å². The van der Waals surface area contributed by atoms with Gasteiger partial charge >= 0.3 is 194 Å². The van der Waals surface area contributed by atoms with Crippen molar-refractivity contribution >= 4 is 67.0 Å². The van der Waals surface area contributed by atoms with Gasteiger partial charge in [-0.25, -0.2) is 0 Å². The van der Waals surface area contributed by atoms with E-state index in [-0.39, 0.29) is 24.8 Å². The van der Waals surface area contributed by atoms with Gasteiger partial charge in [-0.15, -0.1) is 24.8 Å². The van der Waals surface area contributed by atoms with Crippen molar-refractivity contribution in [2.24, 2.45) is 11.8 Å². The van der Waals surface area contributed by atoms with Crippen LogP contribution in [0.5, 0.6) is 0 Å². The summed E-state index contributed by atoms with van der Waals surface area (Å²) in [6, 6.07) is 13.2. The number of allylic oxidation sites excluding steroid dienone is 2. The van der Waals surface area contributed by atoms with Gasteiger partial charge in [-0.3, -0.25) is 0 Å². The van der Waals surface area contributed by atoms with Gasteiger partial charge in [-0.2, -0.15) is 0 Å². The van der Waals surface area contributed by atoms with E-state index in [0.717, 1.165) is 21.9 Å². The molecule has 2 saturated carbocycles. The van der Waals surface area contributed by atoms with Gasteiger partial charge in [0.1, 0.15) is 0 Å². The Morgan fingerprint density at radius 2 is 1.09 bits per heavy atom. The Labute approximate surface area is 216 Å². The second-order valence-corrected chi connectivity index (χ2v) is 42.4. The third-order valence-corrected chi connectivity index (χ3v) is 26.1. The van der Waals surface area contributed by atoms with Crippen LogP contribution in [0, 0.1) is 11.8 Å². The predicted octanol–water partition coefficient (Wildman–Crippen LogP) is 8.57. The Hall–Kier alpha value is 0.180. The number of hydrogen-bond donors (Lipinski definition) is 0. The van der Waals surface area contributed by atoms with Crippen LogP contribution in [-0.2, 0) is 17.4 Å². The molecule has 4 aliphatic carbocycles. The molecule has 6 heteroatoms. The van der Waals surface area contributed by atoms with E-state index < -0.39 is 17.4 Å². The zero-order valence-corrected chi connectivity index (χ0v) is 25.6. The summed E-state index contributed by atoms with van der Waals surface area (Å²) in [4.78, 5) is 0. The average Bonchev–Trinajstić information content (AvgIpc) is 3.61. The molecule has 6 rings (SSSR count). The quantitative estimate of drug-likeness (QED) is 0.307. The SMILES string of the molecule is Cl.Cl.[CH3][Zr]([CH3])(=[SiH2])([CH]1C(C2CC2)=Cc2c(Cl)cccc21)[CH]1C(C2CC2)=Cc2c(Cl)cccc21. The number of rotatable bonds is 4. The standard InChI is InChI=1S/2C12H10Cl.2CH3.2ClH.H2Si.Zr/c2*13-12-3-1-2-9-6-10(7-11(9)12)8-4-5-8;;;;;;/h2*1-3,6-8H,4-5H2;2*1H3;2*1H;1H2;. The number of fused-ring (bicyclic) bond motifs is 2. The molecule has 0 heterocycles. The monoisotopic (exact) mass is 600 g/mol. The molecule has 0 aromatic heterocycles. The summed E-state index contributed by atoms with van der Waals surface area (Å²) in [6.45, 7) is 2.43. The predicted molar refractivity (Wildman–Crippen MR) is 145 cm³/mol. The summed E-state index contributed by atoms with van der Waals surface area (Å²) in [7, 11) is 0. The van der Waals surface area contributed by atoms with E-state index in [1.54, 1.807) is 11.1 Å². The fourth-order valence-electron chi connectivity index (χ4n) is 6.60. The van der Waals surface area contributed by atoms with Gasteiger partial charge in [0.2, 0.25) is 0 Å². The topological polar surface area (TPSA) is 0 Å². The van der Waals surface area contributed by atoms with Crippen LogP contribution < -0.4 is 0 Å². The Morgan fingerprint density at radius 1 is 0.719 bits per heavy atom. The molecule has 0 radical (unpaired) electrons. The summed E-state index contributed by atoms with van der Waals surface area (Å²) in [5.41, 5.74) is 9.05. The van der Waals surface area contributed by atoms with Gasteiger partial charge in [-0.1, -0.05) is 0 Å². The van der Waals surface area contributed by atoms with E-state index in [0.29, 0.717) is 7.25 Å². The average molecular weight is 604 g/mol. The molecule has 2 unspecified atom stereocenters. The Bertz CT molecular complexity index is 1140. The Morgan fingerprint density at radius 3 is 1.44 bits per heavy atom. The van der Waals surface area contributed by atoms with E-state index in [2.05, 4.69) is 64.7 Å². The molecule has 0 aliphatic heterocycles. The Balaban J connectivity index is 0.00000122. The van der Waals surface area contributed by atoms with Crippen molar-refractivity contribution in [1.29, 1.82) is 0 Å². The van der Waals surface area contributed by atoms with Gasteiger partial charge in [0.25, 0.3) is 0 Å². The second-order valence-electron chi connectivity index (χ2n) is 11.1. The van der Waals surface area contributed by atoms with Crippen LogP contribution in [0.3, 0.4) is 0 Å². The van der Waals surface area contributed by atoms with Crippen molar-refractivity contribution in [3.8, 4) is 0 Å². The molecule has 32 heavy (non-hydrogen) atoms. The fraction of sp³-hybridized carbons (Fsp3) is 0.385. The number of hydrogen-bond acceptors (Lipinski definition) is 0. The molecule has 4 aliphatic rings. The van der Waals surface area contributed by atoms with Gasteiger partial charge < -0.3 is 0 Å². The Kier molecular flexibility index (Phi) is 6.63. The van der Waals surface area contributed by atoms with Crippen molar-refractivity contribution in [2.45, 2.75) is 42.2 Å².